The predicted molar refractivity (Wildman–Crippen MR) is 73.8 cm³/mol. The average Bonchev–Trinajstić information content (AvgIpc) is 2.75. The van der Waals surface area contributed by atoms with Crippen LogP contribution in [0.15, 0.2) is 15.6 Å². The van der Waals surface area contributed by atoms with Crippen molar-refractivity contribution in [3.63, 3.8) is 0 Å². The Kier molecular flexibility index (Phi) is 4.16. The lowest BCUT2D eigenvalue weighted by molar-refractivity contribution is 0.588. The Morgan fingerprint density at radius 3 is 2.83 bits per heavy atom. The number of hydrogen-bond acceptors (Lipinski definition) is 3. The van der Waals surface area contributed by atoms with E-state index in [1.807, 2.05) is 11.5 Å². The Bertz CT molecular complexity index is 602. The molecule has 18 heavy (non-hydrogen) atoms. The molecule has 0 amide bonds. The van der Waals surface area contributed by atoms with Crippen molar-refractivity contribution >= 4 is 21.7 Å². The molecule has 0 fully saturated rings. The van der Waals surface area contributed by atoms with Gasteiger partial charge in [-0.05, 0) is 29.3 Å². The van der Waals surface area contributed by atoms with E-state index < -0.39 is 0 Å². The molecular weight excluding hydrogens is 296 g/mol. The van der Waals surface area contributed by atoms with Crippen LogP contribution in [0.5, 0.6) is 0 Å². The van der Waals surface area contributed by atoms with Crippen LogP contribution in [0.25, 0.3) is 5.78 Å². The van der Waals surface area contributed by atoms with Gasteiger partial charge in [-0.3, -0.25) is 9.36 Å². The zero-order valence-corrected chi connectivity index (χ0v) is 12.3. The summed E-state index contributed by atoms with van der Waals surface area (Å²) in [5, 5.41) is 4.09. The molecule has 0 spiro atoms. The van der Waals surface area contributed by atoms with Crippen molar-refractivity contribution < 1.29 is 0 Å². The maximum absolute atomic E-state index is 11.9. The third-order valence-corrected chi connectivity index (χ3v) is 3.88. The molecular formula is C12H17BrN4O. The molecule has 0 saturated heterocycles. The first-order valence-electron chi connectivity index (χ1n) is 6.25. The Balaban J connectivity index is 2.28. The van der Waals surface area contributed by atoms with Crippen LogP contribution in [0.3, 0.4) is 0 Å². The molecule has 6 heteroatoms. The van der Waals surface area contributed by atoms with Gasteiger partial charge >= 0.3 is 0 Å². The lowest BCUT2D eigenvalue weighted by Crippen LogP contribution is -2.18. The van der Waals surface area contributed by atoms with Gasteiger partial charge in [0.25, 0.3) is 5.56 Å². The molecule has 0 bridgehead atoms. The summed E-state index contributed by atoms with van der Waals surface area (Å²) in [6.45, 7) is 4.87. The SMILES string of the molecule is CCCCCCn1cnn2c(=O)c(Br)c(C)nc12. The van der Waals surface area contributed by atoms with Gasteiger partial charge < -0.3 is 0 Å². The van der Waals surface area contributed by atoms with Crippen molar-refractivity contribution in [1.29, 1.82) is 0 Å². The maximum atomic E-state index is 11.9. The molecule has 0 atom stereocenters. The van der Waals surface area contributed by atoms with Crippen molar-refractivity contribution in [2.45, 2.75) is 46.1 Å². The average molecular weight is 313 g/mol. The zero-order valence-electron chi connectivity index (χ0n) is 10.7. The topological polar surface area (TPSA) is 52.2 Å². The summed E-state index contributed by atoms with van der Waals surface area (Å²) >= 11 is 3.24. The van der Waals surface area contributed by atoms with Crippen LogP contribution in [-0.2, 0) is 6.54 Å². The van der Waals surface area contributed by atoms with Gasteiger partial charge in [-0.2, -0.15) is 9.61 Å². The number of fused-ring (bicyclic) bond motifs is 1. The van der Waals surface area contributed by atoms with Crippen LogP contribution in [0, 0.1) is 6.92 Å². The van der Waals surface area contributed by atoms with Gasteiger partial charge in [-0.1, -0.05) is 26.2 Å². The molecule has 0 aromatic carbocycles. The van der Waals surface area contributed by atoms with E-state index in [1.165, 1.54) is 23.8 Å². The second-order valence-electron chi connectivity index (χ2n) is 4.41. The van der Waals surface area contributed by atoms with Gasteiger partial charge in [0.15, 0.2) is 0 Å². The summed E-state index contributed by atoms with van der Waals surface area (Å²) in [5.74, 6) is 0.622. The first-order valence-corrected chi connectivity index (χ1v) is 7.04. The van der Waals surface area contributed by atoms with Gasteiger partial charge in [0.1, 0.15) is 10.8 Å². The summed E-state index contributed by atoms with van der Waals surface area (Å²) in [4.78, 5) is 16.4. The van der Waals surface area contributed by atoms with Gasteiger partial charge in [0.05, 0.1) is 5.69 Å². The normalized spacial score (nSPS) is 11.3. The molecule has 0 radical (unpaired) electrons. The number of aryl methyl sites for hydroxylation is 2. The number of hydrogen-bond donors (Lipinski definition) is 0. The van der Waals surface area contributed by atoms with Crippen LogP contribution < -0.4 is 5.56 Å². The number of halogens is 1. The summed E-state index contributed by atoms with van der Waals surface area (Å²) < 4.78 is 3.77. The number of unbranched alkanes of at least 4 members (excludes halogenated alkanes) is 3. The van der Waals surface area contributed by atoms with E-state index in [4.69, 9.17) is 0 Å². The first-order chi connectivity index (χ1) is 8.65. The second kappa shape index (κ2) is 5.65. The largest absolute Gasteiger partial charge is 0.299 e. The van der Waals surface area contributed by atoms with E-state index in [0.29, 0.717) is 15.9 Å². The highest BCUT2D eigenvalue weighted by Gasteiger charge is 2.11. The molecule has 0 saturated carbocycles. The van der Waals surface area contributed by atoms with Crippen LogP contribution in [0.2, 0.25) is 0 Å². The number of aromatic nitrogens is 4. The molecule has 0 aliphatic rings. The molecule has 5 nitrogen and oxygen atoms in total. The van der Waals surface area contributed by atoms with E-state index in [0.717, 1.165) is 13.0 Å². The lowest BCUT2D eigenvalue weighted by Gasteiger charge is -2.03. The van der Waals surface area contributed by atoms with Crippen molar-refractivity contribution in [2.24, 2.45) is 0 Å². The third kappa shape index (κ3) is 2.48. The number of nitrogens with zero attached hydrogens (tertiary/aromatic N) is 4. The van der Waals surface area contributed by atoms with Gasteiger partial charge in [-0.15, -0.1) is 0 Å². The van der Waals surface area contributed by atoms with E-state index in [1.54, 1.807) is 6.33 Å². The predicted octanol–water partition coefficient (Wildman–Crippen LogP) is 2.54. The molecule has 2 aromatic rings. The minimum Gasteiger partial charge on any atom is -0.299 e. The van der Waals surface area contributed by atoms with E-state index in [2.05, 4.69) is 32.9 Å². The van der Waals surface area contributed by atoms with E-state index >= 15 is 0 Å². The summed E-state index contributed by atoms with van der Waals surface area (Å²) in [6, 6.07) is 0. The monoisotopic (exact) mass is 312 g/mol. The van der Waals surface area contributed by atoms with Crippen LogP contribution >= 0.6 is 15.9 Å². The molecule has 0 aliphatic heterocycles. The van der Waals surface area contributed by atoms with E-state index in [9.17, 15) is 4.79 Å². The van der Waals surface area contributed by atoms with Crippen molar-refractivity contribution in [3.05, 3.63) is 26.8 Å². The molecule has 2 rings (SSSR count). The van der Waals surface area contributed by atoms with Crippen LogP contribution in [-0.4, -0.2) is 19.2 Å². The van der Waals surface area contributed by atoms with Crippen LogP contribution in [0.4, 0.5) is 0 Å². The molecule has 2 heterocycles. The Labute approximate surface area is 114 Å². The van der Waals surface area contributed by atoms with Crippen LogP contribution in [0.1, 0.15) is 38.3 Å². The second-order valence-corrected chi connectivity index (χ2v) is 5.21. The Morgan fingerprint density at radius 1 is 1.33 bits per heavy atom. The minimum atomic E-state index is -0.148. The van der Waals surface area contributed by atoms with E-state index in [-0.39, 0.29) is 5.56 Å². The summed E-state index contributed by atoms with van der Waals surface area (Å²) in [6.07, 6.45) is 6.42. The highest BCUT2D eigenvalue weighted by atomic mass is 79.9. The quantitative estimate of drug-likeness (QED) is 0.797. The third-order valence-electron chi connectivity index (χ3n) is 2.97. The lowest BCUT2D eigenvalue weighted by atomic mass is 10.2. The first kappa shape index (κ1) is 13.3. The maximum Gasteiger partial charge on any atom is 0.290 e. The molecule has 98 valence electrons. The van der Waals surface area contributed by atoms with Crippen molar-refractivity contribution in [2.75, 3.05) is 0 Å². The highest BCUT2D eigenvalue weighted by molar-refractivity contribution is 9.10. The molecule has 0 N–H and O–H groups in total. The smallest absolute Gasteiger partial charge is 0.290 e. The molecule has 0 aliphatic carbocycles. The molecule has 0 unspecified atom stereocenters. The summed E-state index contributed by atoms with van der Waals surface area (Å²) in [5.41, 5.74) is 0.556. The van der Waals surface area contributed by atoms with Crippen molar-refractivity contribution in [1.82, 2.24) is 19.2 Å². The Hall–Kier alpha value is -1.17. The van der Waals surface area contributed by atoms with Gasteiger partial charge in [0.2, 0.25) is 5.78 Å². The fourth-order valence-corrected chi connectivity index (χ4v) is 2.16. The number of rotatable bonds is 5. The van der Waals surface area contributed by atoms with Crippen molar-refractivity contribution in [3.8, 4) is 0 Å². The Morgan fingerprint density at radius 2 is 2.11 bits per heavy atom. The molecule has 2 aromatic heterocycles. The standard InChI is InChI=1S/C12H17BrN4O/c1-3-4-5-6-7-16-8-14-17-11(18)10(13)9(2)15-12(16)17/h8H,3-7H2,1-2H3. The minimum absolute atomic E-state index is 0.148. The van der Waals surface area contributed by atoms with Gasteiger partial charge in [-0.25, -0.2) is 4.98 Å². The highest BCUT2D eigenvalue weighted by Crippen LogP contribution is 2.10. The fourth-order valence-electron chi connectivity index (χ4n) is 1.91. The zero-order chi connectivity index (χ0) is 13.1. The fraction of sp³-hybridized carbons (Fsp3) is 0.583. The van der Waals surface area contributed by atoms with Gasteiger partial charge in [0, 0.05) is 6.54 Å². The summed E-state index contributed by atoms with van der Waals surface area (Å²) in [7, 11) is 0.